The summed E-state index contributed by atoms with van der Waals surface area (Å²) in [5.41, 5.74) is 0.551. The number of aliphatic hydroxyl groups excluding tert-OH is 2. The van der Waals surface area contributed by atoms with Crippen LogP contribution >= 0.6 is 0 Å². The predicted octanol–water partition coefficient (Wildman–Crippen LogP) is 1.38. The van der Waals surface area contributed by atoms with Crippen LogP contribution in [0.25, 0.3) is 0 Å². The molecule has 1 aromatic heterocycles. The van der Waals surface area contributed by atoms with Gasteiger partial charge >= 0.3 is 0 Å². The van der Waals surface area contributed by atoms with Crippen molar-refractivity contribution in [1.82, 2.24) is 9.88 Å². The fourth-order valence-electron chi connectivity index (χ4n) is 1.77. The van der Waals surface area contributed by atoms with Crippen LogP contribution in [0, 0.1) is 0 Å². The van der Waals surface area contributed by atoms with Gasteiger partial charge in [-0.05, 0) is 30.5 Å². The molecule has 0 saturated carbocycles. The van der Waals surface area contributed by atoms with Gasteiger partial charge in [0.1, 0.15) is 17.9 Å². The standard InChI is InChI=1S/C12H14N2O2/c1-14-8-4-6-10(15)11(14)12(16)9-5-2-3-7-13-9/h2-8,11-12,15-16H,1H3. The molecule has 4 nitrogen and oxygen atoms in total. The van der Waals surface area contributed by atoms with Gasteiger partial charge in [0.05, 0.1) is 5.69 Å². The van der Waals surface area contributed by atoms with E-state index in [9.17, 15) is 10.2 Å². The molecule has 1 aromatic rings. The highest BCUT2D eigenvalue weighted by Crippen LogP contribution is 2.25. The second-order valence-corrected chi connectivity index (χ2v) is 3.74. The lowest BCUT2D eigenvalue weighted by Crippen LogP contribution is -2.36. The Morgan fingerprint density at radius 3 is 2.88 bits per heavy atom. The zero-order valence-electron chi connectivity index (χ0n) is 8.99. The molecule has 2 rings (SSSR count). The largest absolute Gasteiger partial charge is 0.510 e. The van der Waals surface area contributed by atoms with E-state index in [1.807, 2.05) is 6.07 Å². The van der Waals surface area contributed by atoms with Crippen LogP contribution in [0.4, 0.5) is 0 Å². The first-order valence-corrected chi connectivity index (χ1v) is 5.08. The molecule has 0 amide bonds. The van der Waals surface area contributed by atoms with Crippen LogP contribution in [0.1, 0.15) is 11.8 Å². The van der Waals surface area contributed by atoms with E-state index in [4.69, 9.17) is 0 Å². The number of likely N-dealkylation sites (N-methyl/N-ethyl adjacent to an activating group) is 1. The lowest BCUT2D eigenvalue weighted by Gasteiger charge is -2.31. The maximum absolute atomic E-state index is 10.1. The predicted molar refractivity (Wildman–Crippen MR) is 60.6 cm³/mol. The highest BCUT2D eigenvalue weighted by Gasteiger charge is 2.29. The van der Waals surface area contributed by atoms with Gasteiger partial charge in [0.2, 0.25) is 0 Å². The van der Waals surface area contributed by atoms with E-state index < -0.39 is 12.1 Å². The first kappa shape index (κ1) is 10.7. The van der Waals surface area contributed by atoms with Crippen molar-refractivity contribution < 1.29 is 10.2 Å². The van der Waals surface area contributed by atoms with Crippen molar-refractivity contribution in [2.45, 2.75) is 12.1 Å². The SMILES string of the molecule is CN1C=CC=C(O)C1C(O)c1ccccn1. The maximum atomic E-state index is 10.1. The van der Waals surface area contributed by atoms with E-state index in [1.165, 1.54) is 0 Å². The fourth-order valence-corrected chi connectivity index (χ4v) is 1.77. The van der Waals surface area contributed by atoms with Gasteiger partial charge in [0.25, 0.3) is 0 Å². The van der Waals surface area contributed by atoms with E-state index in [0.29, 0.717) is 5.69 Å². The molecule has 0 aromatic carbocycles. The Labute approximate surface area is 94.2 Å². The lowest BCUT2D eigenvalue weighted by atomic mass is 10.0. The van der Waals surface area contributed by atoms with Crippen molar-refractivity contribution in [1.29, 1.82) is 0 Å². The van der Waals surface area contributed by atoms with Crippen LogP contribution in [-0.2, 0) is 0 Å². The molecule has 0 saturated heterocycles. The van der Waals surface area contributed by atoms with E-state index in [1.54, 1.807) is 48.6 Å². The Bertz CT molecular complexity index is 414. The van der Waals surface area contributed by atoms with Crippen LogP contribution in [0.2, 0.25) is 0 Å². The van der Waals surface area contributed by atoms with Crippen LogP contribution in [0.5, 0.6) is 0 Å². The van der Waals surface area contributed by atoms with Crippen molar-refractivity contribution >= 4 is 0 Å². The van der Waals surface area contributed by atoms with Gasteiger partial charge in [0.15, 0.2) is 0 Å². The summed E-state index contributed by atoms with van der Waals surface area (Å²) in [6.07, 6.45) is 5.90. The third kappa shape index (κ3) is 1.92. The molecule has 1 aliphatic rings. The van der Waals surface area contributed by atoms with Crippen molar-refractivity contribution in [2.75, 3.05) is 7.05 Å². The van der Waals surface area contributed by atoms with Crippen LogP contribution in [0.15, 0.2) is 48.5 Å². The van der Waals surface area contributed by atoms with Crippen molar-refractivity contribution in [3.63, 3.8) is 0 Å². The molecular weight excluding hydrogens is 204 g/mol. The molecule has 0 aliphatic carbocycles. The smallest absolute Gasteiger partial charge is 0.123 e. The number of allylic oxidation sites excluding steroid dienone is 2. The lowest BCUT2D eigenvalue weighted by molar-refractivity contribution is 0.0748. The van der Waals surface area contributed by atoms with Crippen molar-refractivity contribution in [3.8, 4) is 0 Å². The van der Waals surface area contributed by atoms with Gasteiger partial charge in [-0.15, -0.1) is 0 Å². The van der Waals surface area contributed by atoms with Crippen LogP contribution < -0.4 is 0 Å². The number of nitrogens with zero attached hydrogens (tertiary/aromatic N) is 2. The normalized spacial score (nSPS) is 21.8. The summed E-state index contributed by atoms with van der Waals surface area (Å²) in [5, 5.41) is 19.9. The molecule has 0 radical (unpaired) electrons. The summed E-state index contributed by atoms with van der Waals surface area (Å²) in [7, 11) is 1.80. The first-order chi connectivity index (χ1) is 7.70. The van der Waals surface area contributed by atoms with Gasteiger partial charge < -0.3 is 15.1 Å². The summed E-state index contributed by atoms with van der Waals surface area (Å²) in [5.74, 6) is 0.142. The minimum atomic E-state index is -0.840. The minimum Gasteiger partial charge on any atom is -0.510 e. The molecule has 2 heterocycles. The van der Waals surface area contributed by atoms with Crippen LogP contribution in [-0.4, -0.2) is 33.2 Å². The second-order valence-electron chi connectivity index (χ2n) is 3.74. The summed E-state index contributed by atoms with van der Waals surface area (Å²) < 4.78 is 0. The Morgan fingerprint density at radius 1 is 1.44 bits per heavy atom. The van der Waals surface area contributed by atoms with Gasteiger partial charge in [0, 0.05) is 13.2 Å². The highest BCUT2D eigenvalue weighted by molar-refractivity contribution is 5.22. The Hall–Kier alpha value is -1.81. The molecule has 16 heavy (non-hydrogen) atoms. The number of hydrogen-bond donors (Lipinski definition) is 2. The third-order valence-corrected chi connectivity index (χ3v) is 2.62. The van der Waals surface area contributed by atoms with Gasteiger partial charge in [-0.1, -0.05) is 6.07 Å². The number of aromatic nitrogens is 1. The topological polar surface area (TPSA) is 56.6 Å². The van der Waals surface area contributed by atoms with Crippen molar-refractivity contribution in [2.24, 2.45) is 0 Å². The molecule has 84 valence electrons. The van der Waals surface area contributed by atoms with Gasteiger partial charge in [-0.3, -0.25) is 4.98 Å². The molecular formula is C12H14N2O2. The molecule has 2 N–H and O–H groups in total. The Balaban J connectivity index is 2.25. The average Bonchev–Trinajstić information content (AvgIpc) is 2.30. The van der Waals surface area contributed by atoms with Crippen molar-refractivity contribution in [3.05, 3.63) is 54.2 Å². The summed E-state index contributed by atoms with van der Waals surface area (Å²) in [6.45, 7) is 0. The van der Waals surface area contributed by atoms with E-state index in [2.05, 4.69) is 4.98 Å². The second kappa shape index (κ2) is 4.37. The number of hydrogen-bond acceptors (Lipinski definition) is 4. The molecule has 2 unspecified atom stereocenters. The highest BCUT2D eigenvalue weighted by atomic mass is 16.3. The summed E-state index contributed by atoms with van der Waals surface area (Å²) >= 11 is 0. The zero-order valence-corrected chi connectivity index (χ0v) is 8.99. The Kier molecular flexibility index (Phi) is 2.92. The van der Waals surface area contributed by atoms with E-state index >= 15 is 0 Å². The monoisotopic (exact) mass is 218 g/mol. The quantitative estimate of drug-likeness (QED) is 0.787. The fraction of sp³-hybridized carbons (Fsp3) is 0.250. The molecule has 0 fully saturated rings. The summed E-state index contributed by atoms with van der Waals surface area (Å²) in [4.78, 5) is 5.84. The molecule has 2 atom stereocenters. The molecule has 4 heteroatoms. The number of rotatable bonds is 2. The number of aliphatic hydroxyl groups is 2. The first-order valence-electron chi connectivity index (χ1n) is 5.08. The molecule has 1 aliphatic heterocycles. The molecule has 0 bridgehead atoms. The van der Waals surface area contributed by atoms with E-state index in [-0.39, 0.29) is 5.76 Å². The number of pyridine rings is 1. The molecule has 0 spiro atoms. The van der Waals surface area contributed by atoms with Gasteiger partial charge in [-0.2, -0.15) is 0 Å². The van der Waals surface area contributed by atoms with E-state index in [0.717, 1.165) is 0 Å². The maximum Gasteiger partial charge on any atom is 0.123 e. The average molecular weight is 218 g/mol. The summed E-state index contributed by atoms with van der Waals surface area (Å²) in [6, 6.07) is 4.87. The van der Waals surface area contributed by atoms with Gasteiger partial charge in [-0.25, -0.2) is 0 Å². The minimum absolute atomic E-state index is 0.142. The zero-order chi connectivity index (χ0) is 11.5. The van der Waals surface area contributed by atoms with Crippen LogP contribution in [0.3, 0.4) is 0 Å². The third-order valence-electron chi connectivity index (χ3n) is 2.62. The Morgan fingerprint density at radius 2 is 2.25 bits per heavy atom.